The van der Waals surface area contributed by atoms with E-state index in [-0.39, 0.29) is 10.8 Å². The fourth-order valence-electron chi connectivity index (χ4n) is 0.857. The number of rotatable bonds is 2. The summed E-state index contributed by atoms with van der Waals surface area (Å²) in [5, 5.41) is 10.1. The highest BCUT2D eigenvalue weighted by Gasteiger charge is 2.23. The second-order valence-corrected chi connectivity index (χ2v) is 2.58. The van der Waals surface area contributed by atoms with E-state index in [1.807, 2.05) is 0 Å². The van der Waals surface area contributed by atoms with E-state index in [0.29, 0.717) is 0 Å². The summed E-state index contributed by atoms with van der Waals surface area (Å²) < 4.78 is 17.6. The monoisotopic (exact) mass is 205 g/mol. The maximum atomic E-state index is 13.0. The Morgan fingerprint density at radius 3 is 2.69 bits per heavy atom. The predicted molar refractivity (Wildman–Crippen MR) is 44.6 cm³/mol. The molecule has 0 aliphatic carbocycles. The van der Waals surface area contributed by atoms with Gasteiger partial charge in [0.05, 0.1) is 17.1 Å². The van der Waals surface area contributed by atoms with Crippen LogP contribution in [-0.4, -0.2) is 12.0 Å². The van der Waals surface area contributed by atoms with E-state index >= 15 is 0 Å². The third kappa shape index (κ3) is 1.70. The fraction of sp³-hybridized carbons (Fsp3) is 0.143. The largest absolute Gasteiger partial charge is 0.490 e. The minimum absolute atomic E-state index is 0.146. The summed E-state index contributed by atoms with van der Waals surface area (Å²) in [5.41, 5.74) is -0.741. The molecule has 0 heterocycles. The van der Waals surface area contributed by atoms with Crippen molar-refractivity contribution in [2.75, 3.05) is 7.11 Å². The summed E-state index contributed by atoms with van der Waals surface area (Å²) in [7, 11) is 1.22. The number of nitro groups is 1. The van der Waals surface area contributed by atoms with E-state index in [2.05, 4.69) is 4.74 Å². The minimum atomic E-state index is -1.08. The summed E-state index contributed by atoms with van der Waals surface area (Å²) in [6.45, 7) is 0. The summed E-state index contributed by atoms with van der Waals surface area (Å²) in [4.78, 5) is 9.51. The molecule has 0 aliphatic rings. The lowest BCUT2D eigenvalue weighted by atomic mass is 10.3. The van der Waals surface area contributed by atoms with Crippen LogP contribution in [0.3, 0.4) is 0 Å². The van der Waals surface area contributed by atoms with E-state index in [4.69, 9.17) is 11.6 Å². The van der Waals surface area contributed by atoms with Gasteiger partial charge in [-0.1, -0.05) is 11.6 Å². The quantitative estimate of drug-likeness (QED) is 0.550. The van der Waals surface area contributed by atoms with Gasteiger partial charge in [-0.3, -0.25) is 10.1 Å². The molecule has 1 aromatic carbocycles. The van der Waals surface area contributed by atoms with Crippen LogP contribution in [0.4, 0.5) is 10.1 Å². The van der Waals surface area contributed by atoms with Crippen molar-refractivity contribution >= 4 is 17.3 Å². The van der Waals surface area contributed by atoms with E-state index in [9.17, 15) is 14.5 Å². The molecule has 13 heavy (non-hydrogen) atoms. The molecule has 1 aromatic rings. The smallest absolute Gasteiger partial charge is 0.347 e. The average Bonchev–Trinajstić information content (AvgIpc) is 2.08. The van der Waals surface area contributed by atoms with E-state index in [0.717, 1.165) is 0 Å². The molecule has 0 N–H and O–H groups in total. The lowest BCUT2D eigenvalue weighted by molar-refractivity contribution is -0.388. The molecule has 0 aliphatic heterocycles. The third-order valence-electron chi connectivity index (χ3n) is 1.43. The second-order valence-electron chi connectivity index (χ2n) is 2.17. The van der Waals surface area contributed by atoms with Crippen molar-refractivity contribution in [2.24, 2.45) is 0 Å². The number of halogens is 2. The van der Waals surface area contributed by atoms with Crippen molar-refractivity contribution in [3.8, 4) is 5.75 Å². The standard InChI is InChI=1S/C7H5ClFNO3/c1-13-5-3-2-4(8)6(9)7(5)10(11)12/h2-3H,1H3. The normalized spacial score (nSPS) is 9.77. The average molecular weight is 206 g/mol. The highest BCUT2D eigenvalue weighted by Crippen LogP contribution is 2.33. The summed E-state index contributed by atoms with van der Waals surface area (Å²) in [6.07, 6.45) is 0. The van der Waals surface area contributed by atoms with Crippen LogP contribution < -0.4 is 4.74 Å². The zero-order valence-electron chi connectivity index (χ0n) is 6.58. The van der Waals surface area contributed by atoms with Crippen LogP contribution in [0.25, 0.3) is 0 Å². The summed E-state index contributed by atoms with van der Waals surface area (Å²) in [5.74, 6) is -1.22. The molecule has 0 aromatic heterocycles. The predicted octanol–water partition coefficient (Wildman–Crippen LogP) is 2.40. The Balaban J connectivity index is 3.41. The van der Waals surface area contributed by atoms with Crippen LogP contribution in [-0.2, 0) is 0 Å². The fourth-order valence-corrected chi connectivity index (χ4v) is 1.01. The second kappa shape index (κ2) is 3.57. The first-order valence-corrected chi connectivity index (χ1v) is 3.62. The minimum Gasteiger partial charge on any atom is -0.490 e. The van der Waals surface area contributed by atoms with Crippen molar-refractivity contribution in [3.63, 3.8) is 0 Å². The molecule has 0 unspecified atom stereocenters. The number of methoxy groups -OCH3 is 1. The zero-order valence-corrected chi connectivity index (χ0v) is 7.34. The van der Waals surface area contributed by atoms with Crippen LogP contribution in [0.5, 0.6) is 5.75 Å². The maximum absolute atomic E-state index is 13.0. The van der Waals surface area contributed by atoms with E-state index < -0.39 is 16.4 Å². The number of ether oxygens (including phenoxy) is 1. The Morgan fingerprint density at radius 1 is 1.62 bits per heavy atom. The summed E-state index contributed by atoms with van der Waals surface area (Å²) in [6, 6.07) is 2.44. The molecule has 0 saturated carbocycles. The molecule has 70 valence electrons. The van der Waals surface area contributed by atoms with Crippen LogP contribution >= 0.6 is 11.6 Å². The highest BCUT2D eigenvalue weighted by atomic mass is 35.5. The Kier molecular flexibility index (Phi) is 2.67. The van der Waals surface area contributed by atoms with Gasteiger partial charge in [-0.15, -0.1) is 0 Å². The lowest BCUT2D eigenvalue weighted by Crippen LogP contribution is -1.97. The number of nitro benzene ring substituents is 1. The number of nitrogens with zero attached hydrogens (tertiary/aromatic N) is 1. The van der Waals surface area contributed by atoms with Crippen molar-refractivity contribution < 1.29 is 14.1 Å². The first-order valence-electron chi connectivity index (χ1n) is 3.24. The van der Waals surface area contributed by atoms with Gasteiger partial charge < -0.3 is 4.74 Å². The molecular formula is C7H5ClFNO3. The first kappa shape index (κ1) is 9.73. The molecule has 1 rings (SSSR count). The van der Waals surface area contributed by atoms with Gasteiger partial charge >= 0.3 is 5.69 Å². The Labute approximate surface area is 78.0 Å². The molecule has 0 fully saturated rings. The van der Waals surface area contributed by atoms with Gasteiger partial charge in [-0.05, 0) is 12.1 Å². The van der Waals surface area contributed by atoms with Gasteiger partial charge in [0.1, 0.15) is 0 Å². The van der Waals surface area contributed by atoms with Crippen molar-refractivity contribution in [1.29, 1.82) is 0 Å². The van der Waals surface area contributed by atoms with Gasteiger partial charge in [-0.2, -0.15) is 4.39 Å². The molecule has 0 saturated heterocycles. The van der Waals surface area contributed by atoms with Gasteiger partial charge in [-0.25, -0.2) is 0 Å². The van der Waals surface area contributed by atoms with Crippen LogP contribution in [0.1, 0.15) is 0 Å². The highest BCUT2D eigenvalue weighted by molar-refractivity contribution is 6.31. The van der Waals surface area contributed by atoms with E-state index in [1.165, 1.54) is 19.2 Å². The zero-order chi connectivity index (χ0) is 10.0. The lowest BCUT2D eigenvalue weighted by Gasteiger charge is -2.02. The topological polar surface area (TPSA) is 52.4 Å². The van der Waals surface area contributed by atoms with Crippen molar-refractivity contribution in [3.05, 3.63) is 33.1 Å². The number of hydrogen-bond donors (Lipinski definition) is 0. The maximum Gasteiger partial charge on any atom is 0.347 e. The third-order valence-corrected chi connectivity index (χ3v) is 1.73. The van der Waals surface area contributed by atoms with Crippen molar-refractivity contribution in [1.82, 2.24) is 0 Å². The number of benzene rings is 1. The Morgan fingerprint density at radius 2 is 2.23 bits per heavy atom. The summed E-state index contributed by atoms with van der Waals surface area (Å²) >= 11 is 5.35. The van der Waals surface area contributed by atoms with Gasteiger partial charge in [0.15, 0.2) is 5.75 Å². The molecular weight excluding hydrogens is 201 g/mol. The van der Waals surface area contributed by atoms with Crippen LogP contribution in [0.2, 0.25) is 5.02 Å². The SMILES string of the molecule is COc1ccc(Cl)c(F)c1[N+](=O)[O-]. The Bertz CT molecular complexity index is 356. The molecule has 0 atom stereocenters. The Hall–Kier alpha value is -1.36. The molecule has 0 bridgehead atoms. The molecule has 6 heteroatoms. The molecule has 0 spiro atoms. The van der Waals surface area contributed by atoms with Gasteiger partial charge in [0.2, 0.25) is 5.82 Å². The first-order chi connectivity index (χ1) is 6.07. The molecule has 0 radical (unpaired) electrons. The number of hydrogen-bond acceptors (Lipinski definition) is 3. The molecule has 4 nitrogen and oxygen atoms in total. The van der Waals surface area contributed by atoms with Crippen LogP contribution in [0, 0.1) is 15.9 Å². The van der Waals surface area contributed by atoms with Gasteiger partial charge in [0.25, 0.3) is 0 Å². The van der Waals surface area contributed by atoms with E-state index in [1.54, 1.807) is 0 Å². The van der Waals surface area contributed by atoms with Gasteiger partial charge in [0, 0.05) is 0 Å². The van der Waals surface area contributed by atoms with Crippen molar-refractivity contribution in [2.45, 2.75) is 0 Å². The molecule has 0 amide bonds. The van der Waals surface area contributed by atoms with Crippen LogP contribution in [0.15, 0.2) is 12.1 Å².